The van der Waals surface area contributed by atoms with Gasteiger partial charge in [0.2, 0.25) is 0 Å². The van der Waals surface area contributed by atoms with Crippen molar-refractivity contribution in [2.75, 3.05) is 0 Å². The van der Waals surface area contributed by atoms with Crippen molar-refractivity contribution in [2.24, 2.45) is 0 Å². The van der Waals surface area contributed by atoms with Crippen LogP contribution in [0.4, 0.5) is 0 Å². The Balaban J connectivity index is 3.72. The molecule has 0 rings (SSSR count). The highest BCUT2D eigenvalue weighted by Gasteiger charge is 2.15. The summed E-state index contributed by atoms with van der Waals surface area (Å²) in [5.74, 6) is 0. The van der Waals surface area contributed by atoms with Crippen molar-refractivity contribution in [3.05, 3.63) is 10.1 Å². The van der Waals surface area contributed by atoms with Gasteiger partial charge in [-0.3, -0.25) is 10.1 Å². The molecular formula is C5H8N2O2. The smallest absolute Gasteiger partial charge is 0.263 e. The van der Waals surface area contributed by atoms with Crippen LogP contribution in [0.1, 0.15) is 19.8 Å². The van der Waals surface area contributed by atoms with E-state index in [0.29, 0.717) is 12.8 Å². The molecule has 0 fully saturated rings. The van der Waals surface area contributed by atoms with Crippen LogP contribution in [0.25, 0.3) is 0 Å². The van der Waals surface area contributed by atoms with Crippen molar-refractivity contribution < 1.29 is 4.92 Å². The molecule has 0 aliphatic carbocycles. The zero-order valence-corrected chi connectivity index (χ0v) is 5.20. The van der Waals surface area contributed by atoms with Gasteiger partial charge in [0.15, 0.2) is 0 Å². The van der Waals surface area contributed by atoms with Crippen molar-refractivity contribution in [2.45, 2.75) is 25.8 Å². The standard InChI is InChI=1S/C5H8N2O2/c1-2-3-5(4-6)7(8)9/h5H,2-3H2,1H3. The Morgan fingerprint density at radius 3 is 2.56 bits per heavy atom. The molecule has 9 heavy (non-hydrogen) atoms. The Morgan fingerprint density at radius 1 is 1.89 bits per heavy atom. The lowest BCUT2D eigenvalue weighted by Gasteiger charge is -1.95. The second-order valence-corrected chi connectivity index (χ2v) is 1.72. The minimum absolute atomic E-state index is 0.351. The molecule has 0 amide bonds. The lowest BCUT2D eigenvalue weighted by molar-refractivity contribution is -0.507. The largest absolute Gasteiger partial charge is 0.296 e. The Bertz CT molecular complexity index is 138. The summed E-state index contributed by atoms with van der Waals surface area (Å²) in [6.45, 7) is 1.81. The fraction of sp³-hybridized carbons (Fsp3) is 0.800. The molecule has 0 radical (unpaired) electrons. The fourth-order valence-electron chi connectivity index (χ4n) is 0.491. The highest BCUT2D eigenvalue weighted by atomic mass is 16.6. The molecule has 4 heteroatoms. The topological polar surface area (TPSA) is 66.9 Å². The first-order valence-corrected chi connectivity index (χ1v) is 2.75. The van der Waals surface area contributed by atoms with Gasteiger partial charge in [0.25, 0.3) is 6.04 Å². The van der Waals surface area contributed by atoms with Gasteiger partial charge < -0.3 is 0 Å². The first-order valence-electron chi connectivity index (χ1n) is 2.75. The summed E-state index contributed by atoms with van der Waals surface area (Å²) in [6, 6.07) is 0.599. The molecule has 0 bridgehead atoms. The van der Waals surface area contributed by atoms with Gasteiger partial charge in [0, 0.05) is 11.3 Å². The van der Waals surface area contributed by atoms with E-state index in [1.165, 1.54) is 0 Å². The van der Waals surface area contributed by atoms with Crippen molar-refractivity contribution in [3.8, 4) is 6.07 Å². The molecule has 0 saturated heterocycles. The van der Waals surface area contributed by atoms with Crippen LogP contribution in [0.2, 0.25) is 0 Å². The van der Waals surface area contributed by atoms with Crippen LogP contribution >= 0.6 is 0 Å². The molecule has 0 aliphatic rings. The monoisotopic (exact) mass is 128 g/mol. The van der Waals surface area contributed by atoms with Gasteiger partial charge in [-0.1, -0.05) is 6.92 Å². The fourth-order valence-corrected chi connectivity index (χ4v) is 0.491. The Morgan fingerprint density at radius 2 is 2.44 bits per heavy atom. The molecule has 0 heterocycles. The summed E-state index contributed by atoms with van der Waals surface area (Å²) < 4.78 is 0. The van der Waals surface area contributed by atoms with E-state index >= 15 is 0 Å². The average Bonchev–Trinajstić information content (AvgIpc) is 1.82. The van der Waals surface area contributed by atoms with Crippen LogP contribution < -0.4 is 0 Å². The molecule has 0 N–H and O–H groups in total. The highest BCUT2D eigenvalue weighted by Crippen LogP contribution is 1.97. The third kappa shape index (κ3) is 2.65. The quantitative estimate of drug-likeness (QED) is 0.420. The van der Waals surface area contributed by atoms with Crippen molar-refractivity contribution in [3.63, 3.8) is 0 Å². The first-order chi connectivity index (χ1) is 4.22. The average molecular weight is 128 g/mol. The number of hydrogen-bond acceptors (Lipinski definition) is 3. The van der Waals surface area contributed by atoms with E-state index in [-0.39, 0.29) is 0 Å². The van der Waals surface area contributed by atoms with E-state index in [0.717, 1.165) is 0 Å². The summed E-state index contributed by atoms with van der Waals surface area (Å²) in [5.41, 5.74) is 0. The van der Waals surface area contributed by atoms with Gasteiger partial charge in [0.05, 0.1) is 0 Å². The number of nitro groups is 1. The van der Waals surface area contributed by atoms with Crippen LogP contribution in [0.5, 0.6) is 0 Å². The summed E-state index contributed by atoms with van der Waals surface area (Å²) >= 11 is 0. The number of hydrogen-bond donors (Lipinski definition) is 0. The SMILES string of the molecule is CCCC(C#N)[N+](=O)[O-]. The maximum absolute atomic E-state index is 9.90. The third-order valence-corrected chi connectivity index (χ3v) is 0.966. The lowest BCUT2D eigenvalue weighted by Crippen LogP contribution is -2.15. The Labute approximate surface area is 53.2 Å². The molecule has 0 saturated carbocycles. The third-order valence-electron chi connectivity index (χ3n) is 0.966. The van der Waals surface area contributed by atoms with Crippen molar-refractivity contribution in [1.82, 2.24) is 0 Å². The zero-order valence-electron chi connectivity index (χ0n) is 5.20. The van der Waals surface area contributed by atoms with E-state index in [9.17, 15) is 10.1 Å². The molecule has 0 aromatic heterocycles. The van der Waals surface area contributed by atoms with Crippen molar-refractivity contribution in [1.29, 1.82) is 5.26 Å². The molecule has 1 unspecified atom stereocenters. The number of rotatable bonds is 3. The first kappa shape index (κ1) is 7.89. The second-order valence-electron chi connectivity index (χ2n) is 1.72. The van der Waals surface area contributed by atoms with Gasteiger partial charge in [-0.25, -0.2) is 0 Å². The Kier molecular flexibility index (Phi) is 3.37. The Hall–Kier alpha value is -1.11. The van der Waals surface area contributed by atoms with Crippen LogP contribution in [0.15, 0.2) is 0 Å². The number of nitriles is 1. The molecule has 1 atom stereocenters. The van der Waals surface area contributed by atoms with Crippen LogP contribution in [0.3, 0.4) is 0 Å². The lowest BCUT2D eigenvalue weighted by atomic mass is 10.2. The minimum atomic E-state index is -1.00. The second kappa shape index (κ2) is 3.84. The van der Waals surface area contributed by atoms with E-state index in [2.05, 4.69) is 0 Å². The molecule has 0 spiro atoms. The van der Waals surface area contributed by atoms with Crippen molar-refractivity contribution >= 4 is 0 Å². The van der Waals surface area contributed by atoms with E-state index in [4.69, 9.17) is 5.26 Å². The van der Waals surface area contributed by atoms with Gasteiger partial charge in [-0.15, -0.1) is 0 Å². The minimum Gasteiger partial charge on any atom is -0.263 e. The van der Waals surface area contributed by atoms with Gasteiger partial charge >= 0.3 is 0 Å². The summed E-state index contributed by atoms with van der Waals surface area (Å²) in [5, 5.41) is 18.0. The normalized spacial score (nSPS) is 12.0. The van der Waals surface area contributed by atoms with Gasteiger partial charge in [0.1, 0.15) is 6.07 Å². The molecule has 0 aromatic rings. The number of nitrogens with zero attached hydrogens (tertiary/aromatic N) is 2. The van der Waals surface area contributed by atoms with Gasteiger partial charge in [-0.05, 0) is 6.42 Å². The summed E-state index contributed by atoms with van der Waals surface area (Å²) in [6.07, 6.45) is 1.03. The van der Waals surface area contributed by atoms with E-state index in [1.54, 1.807) is 6.07 Å². The molecule has 4 nitrogen and oxygen atoms in total. The predicted molar refractivity (Wildman–Crippen MR) is 31.3 cm³/mol. The summed E-state index contributed by atoms with van der Waals surface area (Å²) in [4.78, 5) is 9.35. The molecular weight excluding hydrogens is 120 g/mol. The molecule has 0 aromatic carbocycles. The van der Waals surface area contributed by atoms with E-state index in [1.807, 2.05) is 6.92 Å². The molecule has 0 aliphatic heterocycles. The van der Waals surface area contributed by atoms with Crippen LogP contribution in [-0.2, 0) is 0 Å². The van der Waals surface area contributed by atoms with Crippen LogP contribution in [0, 0.1) is 21.4 Å². The summed E-state index contributed by atoms with van der Waals surface area (Å²) in [7, 11) is 0. The van der Waals surface area contributed by atoms with E-state index < -0.39 is 11.0 Å². The van der Waals surface area contributed by atoms with Gasteiger partial charge in [-0.2, -0.15) is 5.26 Å². The highest BCUT2D eigenvalue weighted by molar-refractivity contribution is 4.81. The zero-order chi connectivity index (χ0) is 7.28. The predicted octanol–water partition coefficient (Wildman–Crippen LogP) is 0.955. The maximum atomic E-state index is 9.90. The van der Waals surface area contributed by atoms with Crippen LogP contribution in [-0.4, -0.2) is 11.0 Å². The molecule has 50 valence electrons. The maximum Gasteiger partial charge on any atom is 0.296 e.